The van der Waals surface area contributed by atoms with Crippen LogP contribution in [0.25, 0.3) is 27.8 Å². The summed E-state index contributed by atoms with van der Waals surface area (Å²) in [5.74, 6) is 0. The normalized spacial score (nSPS) is 13.4. The lowest BCUT2D eigenvalue weighted by molar-refractivity contribution is 0.635. The number of halogens is 1. The molecule has 5 heteroatoms. The number of rotatable bonds is 2. The molecule has 138 valence electrons. The average molecular weight is 379 g/mol. The molecule has 0 spiro atoms. The number of para-hydroxylation sites is 1. The van der Waals surface area contributed by atoms with Crippen LogP contribution >= 0.6 is 12.4 Å². The van der Waals surface area contributed by atoms with Gasteiger partial charge in [-0.15, -0.1) is 12.4 Å². The molecule has 1 aliphatic heterocycles. The lowest BCUT2D eigenvalue weighted by Crippen LogP contribution is -2.23. The minimum Gasteiger partial charge on any atom is -0.361 e. The summed E-state index contributed by atoms with van der Waals surface area (Å²) in [6, 6.07) is 15.2. The first-order chi connectivity index (χ1) is 12.7. The lowest BCUT2D eigenvalue weighted by atomic mass is 10.0. The van der Waals surface area contributed by atoms with Gasteiger partial charge >= 0.3 is 0 Å². The topological polar surface area (TPSA) is 45.6 Å². The zero-order chi connectivity index (χ0) is 17.7. The first-order valence-corrected chi connectivity index (χ1v) is 9.18. The number of hydrogen-bond acceptors (Lipinski definition) is 2. The van der Waals surface area contributed by atoms with Crippen molar-refractivity contribution in [1.29, 1.82) is 0 Å². The van der Waals surface area contributed by atoms with Crippen molar-refractivity contribution in [2.45, 2.75) is 26.8 Å². The van der Waals surface area contributed by atoms with Gasteiger partial charge in [-0.2, -0.15) is 5.10 Å². The van der Waals surface area contributed by atoms with Gasteiger partial charge in [-0.25, -0.2) is 4.68 Å². The molecule has 0 unspecified atom stereocenters. The Morgan fingerprint density at radius 3 is 2.67 bits per heavy atom. The summed E-state index contributed by atoms with van der Waals surface area (Å²) in [5.41, 5.74) is 9.85. The predicted octanol–water partition coefficient (Wildman–Crippen LogP) is 4.70. The molecule has 0 bridgehead atoms. The third-order valence-electron chi connectivity index (χ3n) is 5.39. The quantitative estimate of drug-likeness (QED) is 0.530. The monoisotopic (exact) mass is 378 g/mol. The first kappa shape index (κ1) is 17.8. The van der Waals surface area contributed by atoms with Gasteiger partial charge in [0.1, 0.15) is 0 Å². The average Bonchev–Trinajstić information content (AvgIpc) is 3.25. The van der Waals surface area contributed by atoms with Crippen LogP contribution in [-0.2, 0) is 13.0 Å². The molecule has 27 heavy (non-hydrogen) atoms. The lowest BCUT2D eigenvalue weighted by Gasteiger charge is -2.16. The Balaban J connectivity index is 0.00000180. The molecular formula is C22H23ClN4. The summed E-state index contributed by atoms with van der Waals surface area (Å²) in [6.45, 7) is 6.20. The number of benzene rings is 2. The molecule has 0 saturated heterocycles. The fraction of sp³-hybridized carbons (Fsp3) is 0.227. The van der Waals surface area contributed by atoms with E-state index in [1.807, 2.05) is 6.20 Å². The predicted molar refractivity (Wildman–Crippen MR) is 113 cm³/mol. The summed E-state index contributed by atoms with van der Waals surface area (Å²) in [6.07, 6.45) is 2.97. The highest BCUT2D eigenvalue weighted by atomic mass is 35.5. The molecule has 0 radical (unpaired) electrons. The molecule has 5 rings (SSSR count). The second kappa shape index (κ2) is 6.87. The number of fused-ring (bicyclic) bond motifs is 2. The van der Waals surface area contributed by atoms with Gasteiger partial charge in [0.15, 0.2) is 0 Å². The molecular weight excluding hydrogens is 356 g/mol. The van der Waals surface area contributed by atoms with Gasteiger partial charge in [-0.1, -0.05) is 24.3 Å². The molecule has 0 fully saturated rings. The summed E-state index contributed by atoms with van der Waals surface area (Å²) in [7, 11) is 0. The Morgan fingerprint density at radius 1 is 1.04 bits per heavy atom. The molecule has 2 N–H and O–H groups in total. The molecule has 0 saturated carbocycles. The second-order valence-corrected chi connectivity index (χ2v) is 7.13. The Labute approximate surface area is 165 Å². The minimum atomic E-state index is 0. The van der Waals surface area contributed by atoms with E-state index in [0.717, 1.165) is 19.5 Å². The van der Waals surface area contributed by atoms with Crippen LogP contribution in [0.15, 0.2) is 48.7 Å². The Hall–Kier alpha value is -2.56. The fourth-order valence-electron chi connectivity index (χ4n) is 4.10. The summed E-state index contributed by atoms with van der Waals surface area (Å²) in [4.78, 5) is 3.28. The van der Waals surface area contributed by atoms with Gasteiger partial charge in [0, 0.05) is 47.7 Å². The molecule has 0 atom stereocenters. The van der Waals surface area contributed by atoms with Gasteiger partial charge in [0.25, 0.3) is 0 Å². The first-order valence-electron chi connectivity index (χ1n) is 9.18. The third-order valence-corrected chi connectivity index (χ3v) is 5.39. The maximum atomic E-state index is 5.06. The summed E-state index contributed by atoms with van der Waals surface area (Å²) in [5, 5.41) is 9.80. The van der Waals surface area contributed by atoms with E-state index >= 15 is 0 Å². The van der Waals surface area contributed by atoms with Crippen molar-refractivity contribution in [3.63, 3.8) is 0 Å². The standard InChI is InChI=1S/C22H22N4.ClH/c1-14-4-3-5-15(2)21(14)26-22(18-13-23-10-9-20(18)25-26)17-6-7-19-16(12-17)8-11-24-19;/h3-8,11-12,23-24H,9-10,13H2,1-2H3;1H. The zero-order valence-electron chi connectivity index (χ0n) is 15.5. The molecule has 0 amide bonds. The Bertz CT molecular complexity index is 1100. The van der Waals surface area contributed by atoms with E-state index in [2.05, 4.69) is 71.3 Å². The molecule has 4 aromatic rings. The number of aromatic amines is 1. The molecule has 1 aliphatic rings. The van der Waals surface area contributed by atoms with Crippen LogP contribution in [0.1, 0.15) is 22.4 Å². The minimum absolute atomic E-state index is 0. The highest BCUT2D eigenvalue weighted by molar-refractivity contribution is 5.86. The van der Waals surface area contributed by atoms with Crippen LogP contribution in [-0.4, -0.2) is 21.3 Å². The number of H-pyrrole nitrogens is 1. The maximum absolute atomic E-state index is 5.06. The van der Waals surface area contributed by atoms with Crippen LogP contribution in [0.5, 0.6) is 0 Å². The highest BCUT2D eigenvalue weighted by Gasteiger charge is 2.23. The molecule has 2 aromatic carbocycles. The van der Waals surface area contributed by atoms with Crippen molar-refractivity contribution >= 4 is 23.3 Å². The summed E-state index contributed by atoms with van der Waals surface area (Å²) >= 11 is 0. The van der Waals surface area contributed by atoms with E-state index < -0.39 is 0 Å². The smallest absolute Gasteiger partial charge is 0.0789 e. The van der Waals surface area contributed by atoms with E-state index in [1.165, 1.54) is 50.2 Å². The molecule has 0 aliphatic carbocycles. The van der Waals surface area contributed by atoms with Gasteiger partial charge in [0.05, 0.1) is 17.1 Å². The van der Waals surface area contributed by atoms with Crippen molar-refractivity contribution in [2.75, 3.05) is 6.54 Å². The summed E-state index contributed by atoms with van der Waals surface area (Å²) < 4.78 is 2.18. The number of nitrogens with one attached hydrogen (secondary N) is 2. The highest BCUT2D eigenvalue weighted by Crippen LogP contribution is 2.34. The van der Waals surface area contributed by atoms with Crippen molar-refractivity contribution in [3.05, 3.63) is 71.0 Å². The van der Waals surface area contributed by atoms with E-state index in [9.17, 15) is 0 Å². The van der Waals surface area contributed by atoms with Crippen LogP contribution in [0.4, 0.5) is 0 Å². The number of aryl methyl sites for hydroxylation is 2. The van der Waals surface area contributed by atoms with E-state index in [4.69, 9.17) is 5.10 Å². The van der Waals surface area contributed by atoms with Crippen molar-refractivity contribution in [1.82, 2.24) is 20.1 Å². The van der Waals surface area contributed by atoms with Crippen LogP contribution in [0.2, 0.25) is 0 Å². The van der Waals surface area contributed by atoms with Gasteiger partial charge in [-0.05, 0) is 43.2 Å². The second-order valence-electron chi connectivity index (χ2n) is 7.13. The van der Waals surface area contributed by atoms with Gasteiger partial charge in [-0.3, -0.25) is 0 Å². The van der Waals surface area contributed by atoms with E-state index in [0.29, 0.717) is 0 Å². The van der Waals surface area contributed by atoms with Gasteiger partial charge < -0.3 is 10.3 Å². The molecule has 4 nitrogen and oxygen atoms in total. The zero-order valence-corrected chi connectivity index (χ0v) is 16.4. The van der Waals surface area contributed by atoms with Crippen molar-refractivity contribution in [3.8, 4) is 16.9 Å². The van der Waals surface area contributed by atoms with Crippen LogP contribution in [0, 0.1) is 13.8 Å². The Morgan fingerprint density at radius 2 is 1.85 bits per heavy atom. The van der Waals surface area contributed by atoms with Gasteiger partial charge in [0.2, 0.25) is 0 Å². The van der Waals surface area contributed by atoms with E-state index in [-0.39, 0.29) is 12.4 Å². The third kappa shape index (κ3) is 2.85. The number of hydrogen-bond donors (Lipinski definition) is 2. The van der Waals surface area contributed by atoms with E-state index in [1.54, 1.807) is 0 Å². The van der Waals surface area contributed by atoms with Crippen molar-refractivity contribution < 1.29 is 0 Å². The number of nitrogens with zero attached hydrogens (tertiary/aromatic N) is 2. The maximum Gasteiger partial charge on any atom is 0.0789 e. The van der Waals surface area contributed by atoms with Crippen LogP contribution in [0.3, 0.4) is 0 Å². The Kier molecular flexibility index (Phi) is 4.54. The van der Waals surface area contributed by atoms with Crippen LogP contribution < -0.4 is 5.32 Å². The molecule has 2 aromatic heterocycles. The fourth-order valence-corrected chi connectivity index (χ4v) is 4.10. The van der Waals surface area contributed by atoms with Crippen molar-refractivity contribution in [2.24, 2.45) is 0 Å². The largest absolute Gasteiger partial charge is 0.361 e. The SMILES string of the molecule is Cc1cccc(C)c1-n1nc2c(c1-c1ccc3[nH]ccc3c1)CNCC2.Cl. The number of aromatic nitrogens is 3. The molecule has 3 heterocycles.